The van der Waals surface area contributed by atoms with Crippen LogP contribution in [0.1, 0.15) is 24.8 Å². The van der Waals surface area contributed by atoms with Crippen LogP contribution < -0.4 is 10.5 Å². The first-order valence-corrected chi connectivity index (χ1v) is 12.2. The maximum atomic E-state index is 13.1. The molecule has 2 aromatic rings. The maximum absolute atomic E-state index is 13.1. The Morgan fingerprint density at radius 2 is 1.67 bits per heavy atom. The summed E-state index contributed by atoms with van der Waals surface area (Å²) in [5, 5.41) is 1.15. The van der Waals surface area contributed by atoms with Gasteiger partial charge in [-0.25, -0.2) is 0 Å². The monoisotopic (exact) mass is 445 g/mol. The van der Waals surface area contributed by atoms with E-state index in [1.165, 1.54) is 5.56 Å². The van der Waals surface area contributed by atoms with Gasteiger partial charge in [0, 0.05) is 29.7 Å². The highest BCUT2D eigenvalue weighted by atomic mass is 16.5. The minimum atomic E-state index is -0.139. The van der Waals surface area contributed by atoms with Gasteiger partial charge in [-0.2, -0.15) is 0 Å². The Balaban J connectivity index is 1.03. The SMILES string of the molecule is COc1ccc2[nH]cc(CC(N)CCCCN3C(=O)C4C5C=CC(C6C=CC65)C4C3=O)c2c1. The predicted molar refractivity (Wildman–Crippen MR) is 126 cm³/mol. The van der Waals surface area contributed by atoms with Gasteiger partial charge in [0.15, 0.2) is 0 Å². The summed E-state index contributed by atoms with van der Waals surface area (Å²) in [6.07, 6.45) is 14.2. The largest absolute Gasteiger partial charge is 0.497 e. The molecule has 7 atom stereocenters. The predicted octanol–water partition coefficient (Wildman–Crippen LogP) is 3.44. The standard InChI is InChI=1S/C27H31N3O3/c1-33-17-5-10-23-22(13-17)15(14-29-23)12-16(28)4-2-3-11-30-26(31)24-20-8-9-21(25(24)27(30)32)19-7-6-18(19)20/h5-10,13-14,16,18-21,24-25,29H,2-4,11-12,28H2,1H3. The second-order valence-corrected chi connectivity index (χ2v) is 10.1. The number of benzene rings is 1. The van der Waals surface area contributed by atoms with Crippen LogP contribution in [0.5, 0.6) is 5.75 Å². The molecule has 2 amide bonds. The van der Waals surface area contributed by atoms with Crippen LogP contribution >= 0.6 is 0 Å². The number of nitrogens with one attached hydrogen (secondary N) is 1. The number of hydrogen-bond acceptors (Lipinski definition) is 4. The Hall–Kier alpha value is -2.86. The molecule has 1 aliphatic heterocycles. The summed E-state index contributed by atoms with van der Waals surface area (Å²) in [5.74, 6) is 2.00. The number of H-pyrrole nitrogens is 1. The van der Waals surface area contributed by atoms with E-state index in [0.717, 1.165) is 42.3 Å². The number of nitrogens with two attached hydrogens (primary N) is 1. The van der Waals surface area contributed by atoms with Gasteiger partial charge in [0.25, 0.3) is 0 Å². The quantitative estimate of drug-likeness (QED) is 0.370. The lowest BCUT2D eigenvalue weighted by molar-refractivity contribution is -0.140. The number of aromatic nitrogens is 1. The number of imide groups is 1. The summed E-state index contributed by atoms with van der Waals surface area (Å²) >= 11 is 0. The summed E-state index contributed by atoms with van der Waals surface area (Å²) in [4.78, 5) is 31.1. The van der Waals surface area contributed by atoms with Gasteiger partial charge in [-0.15, -0.1) is 0 Å². The van der Waals surface area contributed by atoms with Crippen molar-refractivity contribution in [3.8, 4) is 5.75 Å². The Labute approximate surface area is 193 Å². The first-order chi connectivity index (χ1) is 16.1. The number of allylic oxidation sites excluding steroid dienone is 4. The van der Waals surface area contributed by atoms with Crippen molar-refractivity contribution >= 4 is 22.7 Å². The first kappa shape index (κ1) is 20.7. The molecule has 7 rings (SSSR count). The molecule has 33 heavy (non-hydrogen) atoms. The summed E-state index contributed by atoms with van der Waals surface area (Å²) in [7, 11) is 1.67. The topological polar surface area (TPSA) is 88.4 Å². The zero-order chi connectivity index (χ0) is 22.7. The Bertz CT molecular complexity index is 1120. The number of unbranched alkanes of at least 4 members (excludes halogenated alkanes) is 1. The molecule has 2 bridgehead atoms. The fraction of sp³-hybridized carbons (Fsp3) is 0.481. The van der Waals surface area contributed by atoms with E-state index >= 15 is 0 Å². The zero-order valence-electron chi connectivity index (χ0n) is 18.9. The van der Waals surface area contributed by atoms with E-state index in [2.05, 4.69) is 29.3 Å². The van der Waals surface area contributed by atoms with Crippen molar-refractivity contribution in [2.24, 2.45) is 41.2 Å². The number of amides is 2. The molecule has 1 aromatic carbocycles. The minimum Gasteiger partial charge on any atom is -0.497 e. The van der Waals surface area contributed by atoms with Crippen LogP contribution in [0, 0.1) is 35.5 Å². The number of rotatable bonds is 8. The number of nitrogens with zero attached hydrogens (tertiary/aromatic N) is 1. The second-order valence-electron chi connectivity index (χ2n) is 10.1. The summed E-state index contributed by atoms with van der Waals surface area (Å²) < 4.78 is 5.35. The molecule has 4 aliphatic carbocycles. The number of carbonyl (C=O) groups excluding carboxylic acids is 2. The molecule has 2 fully saturated rings. The van der Waals surface area contributed by atoms with Gasteiger partial charge in [0.05, 0.1) is 18.9 Å². The van der Waals surface area contributed by atoms with Gasteiger partial charge in [-0.05, 0) is 66.7 Å². The van der Waals surface area contributed by atoms with Gasteiger partial charge < -0.3 is 15.5 Å². The van der Waals surface area contributed by atoms with Gasteiger partial charge in [0.2, 0.25) is 11.8 Å². The summed E-state index contributed by atoms with van der Waals surface area (Å²) in [6.45, 7) is 0.518. The summed E-state index contributed by atoms with van der Waals surface area (Å²) in [5.41, 5.74) is 8.72. The lowest BCUT2D eigenvalue weighted by atomic mass is 9.50. The molecule has 1 saturated carbocycles. The van der Waals surface area contributed by atoms with Crippen molar-refractivity contribution in [1.82, 2.24) is 9.88 Å². The zero-order valence-corrected chi connectivity index (χ0v) is 18.9. The van der Waals surface area contributed by atoms with Gasteiger partial charge in [0.1, 0.15) is 5.75 Å². The van der Waals surface area contributed by atoms with Crippen molar-refractivity contribution < 1.29 is 14.3 Å². The summed E-state index contributed by atoms with van der Waals surface area (Å²) in [6, 6.07) is 6.04. The molecule has 6 heteroatoms. The van der Waals surface area contributed by atoms with Gasteiger partial charge in [-0.1, -0.05) is 30.7 Å². The number of hydrogen-bond donors (Lipinski definition) is 2. The van der Waals surface area contributed by atoms with Crippen LogP contribution in [0.3, 0.4) is 0 Å². The third kappa shape index (κ3) is 3.18. The number of aromatic amines is 1. The van der Waals surface area contributed by atoms with Crippen LogP contribution in [0.4, 0.5) is 0 Å². The maximum Gasteiger partial charge on any atom is 0.233 e. The minimum absolute atomic E-state index is 0.0320. The fourth-order valence-electron chi connectivity index (χ4n) is 6.69. The van der Waals surface area contributed by atoms with Gasteiger partial charge >= 0.3 is 0 Å². The number of ether oxygens (including phenoxy) is 1. The molecule has 6 nitrogen and oxygen atoms in total. The van der Waals surface area contributed by atoms with Gasteiger partial charge in [-0.3, -0.25) is 14.5 Å². The molecule has 1 saturated heterocycles. The lowest BCUT2D eigenvalue weighted by Gasteiger charge is -2.51. The first-order valence-electron chi connectivity index (χ1n) is 12.2. The molecule has 7 unspecified atom stereocenters. The fourth-order valence-corrected chi connectivity index (χ4v) is 6.69. The van der Waals surface area contributed by atoms with E-state index in [1.807, 2.05) is 24.4 Å². The third-order valence-electron chi connectivity index (χ3n) is 8.43. The van der Waals surface area contributed by atoms with Crippen molar-refractivity contribution in [3.05, 3.63) is 54.3 Å². The van der Waals surface area contributed by atoms with E-state index in [-0.39, 0.29) is 41.5 Å². The molecule has 0 spiro atoms. The number of fused-ring (bicyclic) bond motifs is 1. The van der Waals surface area contributed by atoms with E-state index in [9.17, 15) is 9.59 Å². The Morgan fingerprint density at radius 3 is 2.30 bits per heavy atom. The number of carbonyl (C=O) groups is 2. The van der Waals surface area contributed by atoms with Crippen LogP contribution in [0.2, 0.25) is 0 Å². The van der Waals surface area contributed by atoms with Crippen LogP contribution in [0.25, 0.3) is 10.9 Å². The molecule has 0 radical (unpaired) electrons. The Kier molecular flexibility index (Phi) is 4.94. The molecular weight excluding hydrogens is 414 g/mol. The van der Waals surface area contributed by atoms with Crippen LogP contribution in [0.15, 0.2) is 48.7 Å². The smallest absolute Gasteiger partial charge is 0.233 e. The molecule has 172 valence electrons. The highest BCUT2D eigenvalue weighted by Crippen LogP contribution is 2.58. The van der Waals surface area contributed by atoms with Crippen molar-refractivity contribution in [2.45, 2.75) is 31.7 Å². The van der Waals surface area contributed by atoms with Crippen molar-refractivity contribution in [1.29, 1.82) is 0 Å². The second kappa shape index (κ2) is 7.87. The molecule has 2 heterocycles. The molecular formula is C27H31N3O3. The average molecular weight is 446 g/mol. The highest BCUT2D eigenvalue weighted by molar-refractivity contribution is 6.06. The third-order valence-corrected chi connectivity index (χ3v) is 8.43. The average Bonchev–Trinajstić information content (AvgIpc) is 3.30. The highest BCUT2D eigenvalue weighted by Gasteiger charge is 2.62. The van der Waals surface area contributed by atoms with Crippen LogP contribution in [-0.2, 0) is 16.0 Å². The number of methoxy groups -OCH3 is 1. The molecule has 5 aliphatic rings. The number of likely N-dealkylation sites (tertiary alicyclic amines) is 1. The van der Waals surface area contributed by atoms with E-state index in [1.54, 1.807) is 12.0 Å². The van der Waals surface area contributed by atoms with E-state index in [0.29, 0.717) is 18.4 Å². The normalized spacial score (nSPS) is 32.2. The van der Waals surface area contributed by atoms with E-state index in [4.69, 9.17) is 10.5 Å². The molecule has 3 N–H and O–H groups in total. The molecule has 1 aromatic heterocycles. The van der Waals surface area contributed by atoms with E-state index < -0.39 is 0 Å². The van der Waals surface area contributed by atoms with Crippen LogP contribution in [-0.4, -0.2) is 41.4 Å². The lowest BCUT2D eigenvalue weighted by Crippen LogP contribution is -2.50. The van der Waals surface area contributed by atoms with Crippen molar-refractivity contribution in [3.63, 3.8) is 0 Å². The van der Waals surface area contributed by atoms with Crippen molar-refractivity contribution in [2.75, 3.05) is 13.7 Å². The Morgan fingerprint density at radius 1 is 1.00 bits per heavy atom.